The predicted octanol–water partition coefficient (Wildman–Crippen LogP) is 4.92. The van der Waals surface area contributed by atoms with E-state index in [1.165, 1.54) is 13.3 Å². The number of esters is 1. The van der Waals surface area contributed by atoms with Gasteiger partial charge in [-0.2, -0.15) is 10.2 Å². The number of rotatable bonds is 5. The number of carbonyl (C=O) groups is 1. The predicted molar refractivity (Wildman–Crippen MR) is 111 cm³/mol. The maximum Gasteiger partial charge on any atom is 0.339 e. The van der Waals surface area contributed by atoms with E-state index in [1.54, 1.807) is 18.2 Å². The molecule has 1 aromatic heterocycles. The zero-order chi connectivity index (χ0) is 20.1. The van der Waals surface area contributed by atoms with E-state index in [0.29, 0.717) is 32.5 Å². The van der Waals surface area contributed by atoms with Gasteiger partial charge in [0.1, 0.15) is 5.02 Å². The van der Waals surface area contributed by atoms with Gasteiger partial charge < -0.3 is 15.4 Å². The lowest BCUT2D eigenvalue weighted by Crippen LogP contribution is -2.31. The highest BCUT2D eigenvalue weighted by atomic mass is 79.9. The Morgan fingerprint density at radius 1 is 1.39 bits per heavy atom. The number of ether oxygens (including phenoxy) is 1. The number of nitriles is 1. The van der Waals surface area contributed by atoms with E-state index < -0.39 is 5.97 Å². The lowest BCUT2D eigenvalue weighted by Gasteiger charge is -2.28. The molecule has 146 valence electrons. The quantitative estimate of drug-likeness (QED) is 0.606. The van der Waals surface area contributed by atoms with E-state index >= 15 is 0 Å². The van der Waals surface area contributed by atoms with Gasteiger partial charge in [0.15, 0.2) is 5.82 Å². The van der Waals surface area contributed by atoms with Crippen molar-refractivity contribution in [3.05, 3.63) is 39.5 Å². The molecule has 0 saturated heterocycles. The summed E-state index contributed by atoms with van der Waals surface area (Å²) in [5.41, 5.74) is 1.02. The number of hydrogen-bond acceptors (Lipinski definition) is 7. The topological polar surface area (TPSA) is 99.9 Å². The van der Waals surface area contributed by atoms with Crippen molar-refractivity contribution < 1.29 is 9.53 Å². The summed E-state index contributed by atoms with van der Waals surface area (Å²) in [6, 6.07) is 7.55. The normalized spacial score (nSPS) is 18.8. The summed E-state index contributed by atoms with van der Waals surface area (Å²) in [4.78, 5) is 20.5. The Hall–Kier alpha value is -2.37. The number of anilines is 3. The summed E-state index contributed by atoms with van der Waals surface area (Å²) in [6.07, 6.45) is 5.41. The fraction of sp³-hybridized carbons (Fsp3) is 0.368. The van der Waals surface area contributed by atoms with Crippen LogP contribution >= 0.6 is 27.5 Å². The van der Waals surface area contributed by atoms with Gasteiger partial charge in [0.05, 0.1) is 30.9 Å². The van der Waals surface area contributed by atoms with Crippen LogP contribution in [0.2, 0.25) is 5.02 Å². The van der Waals surface area contributed by atoms with Crippen molar-refractivity contribution in [1.82, 2.24) is 9.97 Å². The van der Waals surface area contributed by atoms with Crippen molar-refractivity contribution in [2.24, 2.45) is 5.92 Å². The Kier molecular flexibility index (Phi) is 6.70. The third kappa shape index (κ3) is 4.72. The lowest BCUT2D eigenvalue weighted by atomic mass is 9.85. The molecule has 1 saturated carbocycles. The van der Waals surface area contributed by atoms with Crippen molar-refractivity contribution in [3.8, 4) is 6.07 Å². The molecule has 0 radical (unpaired) electrons. The van der Waals surface area contributed by atoms with Crippen LogP contribution in [0.15, 0.2) is 28.9 Å². The van der Waals surface area contributed by atoms with Crippen LogP contribution in [0.5, 0.6) is 0 Å². The van der Waals surface area contributed by atoms with Crippen LogP contribution in [0, 0.1) is 17.2 Å². The van der Waals surface area contributed by atoms with Crippen molar-refractivity contribution in [2.45, 2.75) is 31.7 Å². The molecule has 0 bridgehead atoms. The Labute approximate surface area is 176 Å². The molecule has 28 heavy (non-hydrogen) atoms. The maximum absolute atomic E-state index is 11.9. The first-order chi connectivity index (χ1) is 13.5. The van der Waals surface area contributed by atoms with Gasteiger partial charge in [-0.05, 0) is 47.0 Å². The average Bonchev–Trinajstić information content (AvgIpc) is 2.71. The van der Waals surface area contributed by atoms with Crippen molar-refractivity contribution in [3.63, 3.8) is 0 Å². The smallest absolute Gasteiger partial charge is 0.339 e. The summed E-state index contributed by atoms with van der Waals surface area (Å²) < 4.78 is 5.41. The van der Waals surface area contributed by atoms with E-state index in [2.05, 4.69) is 42.6 Å². The Morgan fingerprint density at radius 2 is 2.18 bits per heavy atom. The Balaban J connectivity index is 1.80. The zero-order valence-electron chi connectivity index (χ0n) is 15.2. The zero-order valence-corrected chi connectivity index (χ0v) is 17.5. The fourth-order valence-electron chi connectivity index (χ4n) is 3.16. The van der Waals surface area contributed by atoms with Crippen LogP contribution in [0.4, 0.5) is 17.5 Å². The number of methoxy groups -OCH3 is 1. The molecule has 7 nitrogen and oxygen atoms in total. The molecule has 0 aliphatic heterocycles. The molecule has 2 atom stereocenters. The van der Waals surface area contributed by atoms with Gasteiger partial charge in [-0.15, -0.1) is 0 Å². The first-order valence-electron chi connectivity index (χ1n) is 8.85. The first kappa shape index (κ1) is 20.4. The molecule has 1 fully saturated rings. The maximum atomic E-state index is 11.9. The largest absolute Gasteiger partial charge is 0.465 e. The van der Waals surface area contributed by atoms with Crippen LogP contribution < -0.4 is 10.6 Å². The molecule has 2 aromatic rings. The van der Waals surface area contributed by atoms with Crippen molar-refractivity contribution in [2.75, 3.05) is 17.7 Å². The van der Waals surface area contributed by atoms with Crippen LogP contribution in [0.1, 0.15) is 36.0 Å². The number of hydrogen-bond donors (Lipinski definition) is 2. The standard InChI is InChI=1S/C19H19BrClN5O2/c1-28-18(27)13-8-12(6-7-14(13)20)24-19-23-10-15(21)17(26-19)25-16-5-3-2-4-11(16)9-22/h6-8,10-11,16H,2-5H2,1H3,(H2,23,24,25,26)/t11-,16?/m1/s1. The molecule has 1 aromatic carbocycles. The summed E-state index contributed by atoms with van der Waals surface area (Å²) in [6.45, 7) is 0. The number of halogens is 2. The average molecular weight is 465 g/mol. The van der Waals surface area contributed by atoms with E-state index in [4.69, 9.17) is 16.3 Å². The van der Waals surface area contributed by atoms with Gasteiger partial charge in [0, 0.05) is 16.2 Å². The number of nitrogens with zero attached hydrogens (tertiary/aromatic N) is 3. The molecule has 1 heterocycles. The monoisotopic (exact) mass is 463 g/mol. The van der Waals surface area contributed by atoms with Gasteiger partial charge in [-0.1, -0.05) is 24.4 Å². The summed E-state index contributed by atoms with van der Waals surface area (Å²) in [7, 11) is 1.33. The second-order valence-corrected chi connectivity index (χ2v) is 7.73. The van der Waals surface area contributed by atoms with Gasteiger partial charge in [-0.3, -0.25) is 0 Å². The minimum absolute atomic E-state index is 0.0117. The minimum atomic E-state index is -0.449. The molecule has 0 spiro atoms. The van der Waals surface area contributed by atoms with Gasteiger partial charge in [-0.25, -0.2) is 9.78 Å². The lowest BCUT2D eigenvalue weighted by molar-refractivity contribution is 0.0599. The molecule has 1 aliphatic rings. The fourth-order valence-corrected chi connectivity index (χ4v) is 3.71. The molecule has 1 aliphatic carbocycles. The van der Waals surface area contributed by atoms with Gasteiger partial charge >= 0.3 is 5.97 Å². The van der Waals surface area contributed by atoms with Crippen LogP contribution in [0.25, 0.3) is 0 Å². The third-order valence-corrected chi connectivity index (χ3v) is 5.59. The van der Waals surface area contributed by atoms with E-state index in [-0.39, 0.29) is 12.0 Å². The number of benzene rings is 1. The highest BCUT2D eigenvalue weighted by Gasteiger charge is 2.26. The summed E-state index contributed by atoms with van der Waals surface area (Å²) in [5, 5.41) is 16.1. The molecule has 9 heteroatoms. The second kappa shape index (κ2) is 9.22. The number of carbonyl (C=O) groups excluding carboxylic acids is 1. The molecule has 3 rings (SSSR count). The molecular formula is C19H19BrClN5O2. The highest BCUT2D eigenvalue weighted by molar-refractivity contribution is 9.10. The number of nitrogens with one attached hydrogen (secondary N) is 2. The summed E-state index contributed by atoms with van der Waals surface area (Å²) in [5.74, 6) is 0.297. The molecule has 2 N–H and O–H groups in total. The summed E-state index contributed by atoms with van der Waals surface area (Å²) >= 11 is 9.58. The van der Waals surface area contributed by atoms with E-state index in [0.717, 1.165) is 25.7 Å². The van der Waals surface area contributed by atoms with E-state index in [1.807, 2.05) is 0 Å². The van der Waals surface area contributed by atoms with E-state index in [9.17, 15) is 10.1 Å². The van der Waals surface area contributed by atoms with Gasteiger partial charge in [0.25, 0.3) is 0 Å². The Morgan fingerprint density at radius 3 is 2.93 bits per heavy atom. The molecular weight excluding hydrogens is 446 g/mol. The van der Waals surface area contributed by atoms with Crippen LogP contribution in [-0.4, -0.2) is 29.1 Å². The highest BCUT2D eigenvalue weighted by Crippen LogP contribution is 2.30. The number of aromatic nitrogens is 2. The van der Waals surface area contributed by atoms with Crippen LogP contribution in [0.3, 0.4) is 0 Å². The van der Waals surface area contributed by atoms with Crippen LogP contribution in [-0.2, 0) is 4.74 Å². The molecule has 1 unspecified atom stereocenters. The third-order valence-electron chi connectivity index (χ3n) is 4.63. The SMILES string of the molecule is COC(=O)c1cc(Nc2ncc(Cl)c(NC3CCCC[C@@H]3C#N)n2)ccc1Br. The van der Waals surface area contributed by atoms with Crippen molar-refractivity contribution in [1.29, 1.82) is 5.26 Å². The first-order valence-corrected chi connectivity index (χ1v) is 10.0. The Bertz CT molecular complexity index is 918. The second-order valence-electron chi connectivity index (χ2n) is 6.47. The van der Waals surface area contributed by atoms with Crippen molar-refractivity contribution >= 4 is 51.0 Å². The van der Waals surface area contributed by atoms with Gasteiger partial charge in [0.2, 0.25) is 5.95 Å². The molecule has 0 amide bonds. The minimum Gasteiger partial charge on any atom is -0.465 e.